The molecule has 7 heteroatoms. The van der Waals surface area contributed by atoms with Gasteiger partial charge in [0.1, 0.15) is 12.6 Å². The lowest BCUT2D eigenvalue weighted by Crippen LogP contribution is -2.41. The van der Waals surface area contributed by atoms with E-state index in [1.165, 1.54) is 30.0 Å². The highest BCUT2D eigenvalue weighted by molar-refractivity contribution is 5.83. The zero-order valence-corrected chi connectivity index (χ0v) is 18.7. The molecule has 2 aromatic carbocycles. The topological polar surface area (TPSA) is 95.9 Å². The second kappa shape index (κ2) is 10.3. The molecule has 0 saturated heterocycles. The van der Waals surface area contributed by atoms with Crippen molar-refractivity contribution in [3.05, 3.63) is 59.7 Å². The smallest absolute Gasteiger partial charge is 0.407 e. The van der Waals surface area contributed by atoms with Gasteiger partial charge in [-0.15, -0.1) is 0 Å². The van der Waals surface area contributed by atoms with E-state index in [1.807, 2.05) is 31.2 Å². The third kappa shape index (κ3) is 5.10. The zero-order valence-electron chi connectivity index (χ0n) is 18.7. The number of nitrogens with zero attached hydrogens (tertiary/aromatic N) is 1. The van der Waals surface area contributed by atoms with Gasteiger partial charge in [0.25, 0.3) is 0 Å². The van der Waals surface area contributed by atoms with Crippen LogP contribution in [0.1, 0.15) is 43.7 Å². The zero-order chi connectivity index (χ0) is 23.3. The highest BCUT2D eigenvalue weighted by atomic mass is 16.5. The first kappa shape index (κ1) is 23.3. The molecule has 0 aliphatic heterocycles. The molecule has 2 unspecified atom stereocenters. The quantitative estimate of drug-likeness (QED) is 0.620. The molecule has 3 rings (SSSR count). The summed E-state index contributed by atoms with van der Waals surface area (Å²) in [4.78, 5) is 37.0. The number of carboxylic acids is 1. The van der Waals surface area contributed by atoms with Crippen LogP contribution in [-0.2, 0) is 14.3 Å². The Balaban J connectivity index is 1.53. The average Bonchev–Trinajstić information content (AvgIpc) is 3.12. The number of ether oxygens (including phenoxy) is 1. The standard InChI is InChI=1S/C25H30N2O5/c1-4-17(13-23(28)27(3)16(2)24(29)30)14-26-25(31)32-15-22-20-11-7-5-9-18(20)19-10-6-8-12-21(19)22/h5-12,16-17,22H,4,13-15H2,1-3H3,(H,26,31)(H,29,30). The van der Waals surface area contributed by atoms with Crippen LogP contribution in [0.3, 0.4) is 0 Å². The molecule has 170 valence electrons. The number of hydrogen-bond donors (Lipinski definition) is 2. The van der Waals surface area contributed by atoms with Crippen molar-refractivity contribution < 1.29 is 24.2 Å². The summed E-state index contributed by atoms with van der Waals surface area (Å²) in [5.74, 6) is -1.43. The Kier molecular flexibility index (Phi) is 7.51. The molecule has 7 nitrogen and oxygen atoms in total. The molecule has 2 N–H and O–H groups in total. The van der Waals surface area contributed by atoms with Crippen LogP contribution in [0.15, 0.2) is 48.5 Å². The highest BCUT2D eigenvalue weighted by Gasteiger charge is 2.29. The largest absolute Gasteiger partial charge is 0.480 e. The summed E-state index contributed by atoms with van der Waals surface area (Å²) < 4.78 is 5.53. The molecule has 1 aliphatic rings. The SMILES string of the molecule is CCC(CNC(=O)OCC1c2ccccc2-c2ccccc21)CC(=O)N(C)C(C)C(=O)O. The maximum absolute atomic E-state index is 12.4. The summed E-state index contributed by atoms with van der Waals surface area (Å²) in [5.41, 5.74) is 4.63. The van der Waals surface area contributed by atoms with Crippen molar-refractivity contribution in [2.24, 2.45) is 5.92 Å². The molecule has 0 spiro atoms. The minimum Gasteiger partial charge on any atom is -0.480 e. The monoisotopic (exact) mass is 438 g/mol. The molecule has 2 aromatic rings. The van der Waals surface area contributed by atoms with Gasteiger partial charge >= 0.3 is 12.1 Å². The van der Waals surface area contributed by atoms with Crippen molar-refractivity contribution in [1.29, 1.82) is 0 Å². The van der Waals surface area contributed by atoms with Crippen LogP contribution in [0.5, 0.6) is 0 Å². The number of carbonyl (C=O) groups is 3. The molecule has 0 bridgehead atoms. The third-order valence-electron chi connectivity index (χ3n) is 6.25. The molecule has 2 atom stereocenters. The number of carbonyl (C=O) groups excluding carboxylic acids is 2. The first-order valence-electron chi connectivity index (χ1n) is 10.9. The molecular formula is C25H30N2O5. The van der Waals surface area contributed by atoms with Gasteiger partial charge < -0.3 is 20.1 Å². The van der Waals surface area contributed by atoms with Crippen LogP contribution in [-0.4, -0.2) is 54.2 Å². The van der Waals surface area contributed by atoms with Crippen LogP contribution in [0.2, 0.25) is 0 Å². The normalized spacial score (nSPS) is 14.1. The summed E-state index contributed by atoms with van der Waals surface area (Å²) >= 11 is 0. The Morgan fingerprint density at radius 3 is 2.16 bits per heavy atom. The minimum atomic E-state index is -1.05. The first-order chi connectivity index (χ1) is 15.3. The van der Waals surface area contributed by atoms with Gasteiger partial charge in [0.05, 0.1) is 0 Å². The molecule has 0 aromatic heterocycles. The Morgan fingerprint density at radius 2 is 1.62 bits per heavy atom. The van der Waals surface area contributed by atoms with Crippen molar-refractivity contribution in [2.75, 3.05) is 20.2 Å². The van der Waals surface area contributed by atoms with Gasteiger partial charge in [-0.3, -0.25) is 4.79 Å². The number of rotatable bonds is 9. The highest BCUT2D eigenvalue weighted by Crippen LogP contribution is 2.44. The molecule has 1 aliphatic carbocycles. The number of fused-ring (bicyclic) bond motifs is 3. The van der Waals surface area contributed by atoms with Gasteiger partial charge in [-0.2, -0.15) is 0 Å². The van der Waals surface area contributed by atoms with E-state index in [9.17, 15) is 14.4 Å². The van der Waals surface area contributed by atoms with E-state index in [4.69, 9.17) is 9.84 Å². The lowest BCUT2D eigenvalue weighted by atomic mass is 9.98. The van der Waals surface area contributed by atoms with E-state index in [2.05, 4.69) is 29.6 Å². The lowest BCUT2D eigenvalue weighted by Gasteiger charge is -2.24. The van der Waals surface area contributed by atoms with Gasteiger partial charge in [-0.05, 0) is 35.1 Å². The van der Waals surface area contributed by atoms with E-state index in [0.717, 1.165) is 11.1 Å². The van der Waals surface area contributed by atoms with Crippen LogP contribution < -0.4 is 5.32 Å². The predicted molar refractivity (Wildman–Crippen MR) is 121 cm³/mol. The molecule has 0 fully saturated rings. The fourth-order valence-corrected chi connectivity index (χ4v) is 4.01. The third-order valence-corrected chi connectivity index (χ3v) is 6.25. The van der Waals surface area contributed by atoms with Gasteiger partial charge in [-0.25, -0.2) is 9.59 Å². The van der Waals surface area contributed by atoms with E-state index < -0.39 is 18.1 Å². The van der Waals surface area contributed by atoms with Crippen molar-refractivity contribution in [3.8, 4) is 11.1 Å². The Morgan fingerprint density at radius 1 is 1.06 bits per heavy atom. The second-order valence-electron chi connectivity index (χ2n) is 8.20. The Hall–Kier alpha value is -3.35. The molecule has 2 amide bonds. The number of likely N-dealkylation sites (N-methyl/N-ethyl adjacent to an activating group) is 1. The summed E-state index contributed by atoms with van der Waals surface area (Å²) in [6, 6.07) is 15.4. The summed E-state index contributed by atoms with van der Waals surface area (Å²) in [6.45, 7) is 3.91. The number of nitrogens with one attached hydrogen (secondary N) is 1. The molecule has 0 radical (unpaired) electrons. The number of aliphatic carboxylic acids is 1. The van der Waals surface area contributed by atoms with Gasteiger partial charge in [0.2, 0.25) is 5.91 Å². The second-order valence-corrected chi connectivity index (χ2v) is 8.20. The van der Waals surface area contributed by atoms with Crippen molar-refractivity contribution in [3.63, 3.8) is 0 Å². The fraction of sp³-hybridized carbons (Fsp3) is 0.400. The molecule has 32 heavy (non-hydrogen) atoms. The lowest BCUT2D eigenvalue weighted by molar-refractivity contribution is -0.148. The van der Waals surface area contributed by atoms with E-state index in [0.29, 0.717) is 6.42 Å². The number of alkyl carbamates (subject to hydrolysis) is 1. The van der Waals surface area contributed by atoms with Crippen molar-refractivity contribution in [1.82, 2.24) is 10.2 Å². The number of hydrogen-bond acceptors (Lipinski definition) is 4. The maximum Gasteiger partial charge on any atom is 0.407 e. The Bertz CT molecular complexity index is 944. The van der Waals surface area contributed by atoms with Gasteiger partial charge in [-0.1, -0.05) is 61.9 Å². The minimum absolute atomic E-state index is 0.0112. The van der Waals surface area contributed by atoms with Crippen molar-refractivity contribution in [2.45, 2.75) is 38.6 Å². The molecular weight excluding hydrogens is 408 g/mol. The van der Waals surface area contributed by atoms with Gasteiger partial charge in [0.15, 0.2) is 0 Å². The fourth-order valence-electron chi connectivity index (χ4n) is 4.01. The summed E-state index contributed by atoms with van der Waals surface area (Å²) in [6.07, 6.45) is 0.309. The van der Waals surface area contributed by atoms with Crippen LogP contribution in [0.25, 0.3) is 11.1 Å². The number of benzene rings is 2. The van der Waals surface area contributed by atoms with Crippen molar-refractivity contribution >= 4 is 18.0 Å². The first-order valence-corrected chi connectivity index (χ1v) is 10.9. The Labute approximate surface area is 188 Å². The maximum atomic E-state index is 12.4. The number of amides is 2. The average molecular weight is 439 g/mol. The van der Waals surface area contributed by atoms with E-state index in [-0.39, 0.29) is 37.3 Å². The van der Waals surface area contributed by atoms with E-state index >= 15 is 0 Å². The molecule has 0 heterocycles. The number of carboxylic acid groups (broad SMARTS) is 1. The van der Waals surface area contributed by atoms with Crippen LogP contribution in [0, 0.1) is 5.92 Å². The molecule has 0 saturated carbocycles. The van der Waals surface area contributed by atoms with Crippen LogP contribution >= 0.6 is 0 Å². The predicted octanol–water partition coefficient (Wildman–Crippen LogP) is 3.87. The summed E-state index contributed by atoms with van der Waals surface area (Å²) in [5, 5.41) is 11.8. The summed E-state index contributed by atoms with van der Waals surface area (Å²) in [7, 11) is 1.48. The van der Waals surface area contributed by atoms with Gasteiger partial charge in [0, 0.05) is 25.9 Å². The van der Waals surface area contributed by atoms with Crippen LogP contribution in [0.4, 0.5) is 4.79 Å². The van der Waals surface area contributed by atoms with E-state index in [1.54, 1.807) is 0 Å².